The van der Waals surface area contributed by atoms with Crippen LogP contribution >= 0.6 is 0 Å². The van der Waals surface area contributed by atoms with Crippen LogP contribution in [-0.4, -0.2) is 60.4 Å². The van der Waals surface area contributed by atoms with Crippen LogP contribution in [0.2, 0.25) is 0 Å². The zero-order valence-electron chi connectivity index (χ0n) is 14.8. The fourth-order valence-corrected chi connectivity index (χ4v) is 4.91. The molecule has 0 bridgehead atoms. The topological polar surface area (TPSA) is 67.7 Å². The Morgan fingerprint density at radius 3 is 2.67 bits per heavy atom. The van der Waals surface area contributed by atoms with E-state index in [2.05, 4.69) is 4.98 Å². The summed E-state index contributed by atoms with van der Waals surface area (Å²) >= 11 is 0. The van der Waals surface area contributed by atoms with E-state index in [4.69, 9.17) is 4.74 Å². The minimum absolute atomic E-state index is 0.0254. The van der Waals surface area contributed by atoms with E-state index >= 15 is 0 Å². The first-order valence-electron chi connectivity index (χ1n) is 8.65. The van der Waals surface area contributed by atoms with Crippen LogP contribution in [0.4, 0.5) is 0 Å². The number of aryl methyl sites for hydroxylation is 1. The summed E-state index contributed by atoms with van der Waals surface area (Å²) in [6.07, 6.45) is 6.88. The molecule has 1 atom stereocenters. The van der Waals surface area contributed by atoms with Crippen molar-refractivity contribution >= 4 is 10.2 Å². The SMILES string of the molecule is CN(C)S(=O)(=O)N1Cc2ncn(C)c2C(COCC2CCCC2)C1. The van der Waals surface area contributed by atoms with Crippen LogP contribution in [0.1, 0.15) is 43.0 Å². The molecule has 136 valence electrons. The molecule has 1 aliphatic heterocycles. The number of hydrogen-bond donors (Lipinski definition) is 0. The first kappa shape index (κ1) is 17.8. The third-order valence-corrected chi connectivity index (χ3v) is 6.99. The monoisotopic (exact) mass is 356 g/mol. The van der Waals surface area contributed by atoms with Crippen LogP contribution in [0, 0.1) is 5.92 Å². The Morgan fingerprint density at radius 2 is 2.00 bits per heavy atom. The van der Waals surface area contributed by atoms with Gasteiger partial charge in [-0.2, -0.15) is 17.0 Å². The van der Waals surface area contributed by atoms with E-state index in [-0.39, 0.29) is 5.92 Å². The van der Waals surface area contributed by atoms with Crippen LogP contribution in [-0.2, 0) is 28.5 Å². The Balaban J connectivity index is 1.72. The smallest absolute Gasteiger partial charge is 0.281 e. The third kappa shape index (κ3) is 3.51. The normalized spacial score (nSPS) is 23.1. The van der Waals surface area contributed by atoms with Gasteiger partial charge in [0.2, 0.25) is 0 Å². The van der Waals surface area contributed by atoms with Crippen molar-refractivity contribution in [3.8, 4) is 0 Å². The lowest BCUT2D eigenvalue weighted by Gasteiger charge is -2.33. The Bertz CT molecular complexity index is 665. The van der Waals surface area contributed by atoms with Crippen molar-refractivity contribution in [3.63, 3.8) is 0 Å². The number of imidazole rings is 1. The van der Waals surface area contributed by atoms with Gasteiger partial charge in [-0.05, 0) is 18.8 Å². The lowest BCUT2D eigenvalue weighted by atomic mass is 10.0. The molecule has 1 aliphatic carbocycles. The van der Waals surface area contributed by atoms with Gasteiger partial charge in [-0.3, -0.25) is 0 Å². The summed E-state index contributed by atoms with van der Waals surface area (Å²) < 4.78 is 35.8. The first-order valence-corrected chi connectivity index (χ1v) is 10.0. The number of ether oxygens (including phenoxy) is 1. The molecule has 1 aromatic rings. The molecule has 0 saturated heterocycles. The van der Waals surface area contributed by atoms with E-state index in [1.807, 2.05) is 11.6 Å². The molecule has 0 spiro atoms. The quantitative estimate of drug-likeness (QED) is 0.771. The molecule has 2 aliphatic rings. The van der Waals surface area contributed by atoms with Gasteiger partial charge < -0.3 is 9.30 Å². The molecular formula is C16H28N4O3S. The van der Waals surface area contributed by atoms with Crippen molar-refractivity contribution < 1.29 is 13.2 Å². The van der Waals surface area contributed by atoms with Gasteiger partial charge in [-0.1, -0.05) is 12.8 Å². The van der Waals surface area contributed by atoms with Crippen LogP contribution < -0.4 is 0 Å². The summed E-state index contributed by atoms with van der Waals surface area (Å²) in [5.74, 6) is 0.693. The molecule has 3 rings (SSSR count). The first-order chi connectivity index (χ1) is 11.4. The van der Waals surface area contributed by atoms with Gasteiger partial charge in [0.1, 0.15) is 0 Å². The summed E-state index contributed by atoms with van der Waals surface area (Å²) in [7, 11) is 1.65. The van der Waals surface area contributed by atoms with Gasteiger partial charge in [-0.15, -0.1) is 0 Å². The van der Waals surface area contributed by atoms with E-state index in [0.717, 1.165) is 18.0 Å². The summed E-state index contributed by atoms with van der Waals surface area (Å²) in [5, 5.41) is 0. The van der Waals surface area contributed by atoms with Crippen LogP contribution in [0.5, 0.6) is 0 Å². The van der Waals surface area contributed by atoms with Gasteiger partial charge in [-0.25, -0.2) is 4.98 Å². The van der Waals surface area contributed by atoms with Crippen LogP contribution in [0.3, 0.4) is 0 Å². The molecule has 7 nitrogen and oxygen atoms in total. The zero-order valence-corrected chi connectivity index (χ0v) is 15.6. The van der Waals surface area contributed by atoms with E-state index in [9.17, 15) is 8.42 Å². The van der Waals surface area contributed by atoms with Gasteiger partial charge >= 0.3 is 0 Å². The molecule has 1 unspecified atom stereocenters. The standard InChI is InChI=1S/C16H28N4O3S/c1-18(2)24(21,22)20-8-14(11-23-10-13-6-4-5-7-13)16-15(9-20)17-12-19(16)3/h12-14H,4-11H2,1-3H3. The number of nitrogens with zero attached hydrogens (tertiary/aromatic N) is 4. The van der Waals surface area contributed by atoms with Gasteiger partial charge in [0.15, 0.2) is 0 Å². The van der Waals surface area contributed by atoms with Crippen LogP contribution in [0.25, 0.3) is 0 Å². The number of rotatable bonds is 6. The van der Waals surface area contributed by atoms with Crippen molar-refractivity contribution in [1.29, 1.82) is 0 Å². The van der Waals surface area contributed by atoms with Crippen molar-refractivity contribution in [2.75, 3.05) is 33.9 Å². The van der Waals surface area contributed by atoms with Gasteiger partial charge in [0.25, 0.3) is 10.2 Å². The minimum atomic E-state index is -3.45. The zero-order chi connectivity index (χ0) is 17.3. The molecule has 2 heterocycles. The predicted octanol–water partition coefficient (Wildman–Crippen LogP) is 1.33. The molecule has 24 heavy (non-hydrogen) atoms. The number of hydrogen-bond acceptors (Lipinski definition) is 4. The Labute approximate surface area is 144 Å². The van der Waals surface area contributed by atoms with Crippen molar-refractivity contribution in [2.24, 2.45) is 13.0 Å². The summed E-state index contributed by atoms with van der Waals surface area (Å²) in [6.45, 7) is 2.10. The molecule has 0 aromatic carbocycles. The maximum atomic E-state index is 12.5. The van der Waals surface area contributed by atoms with Crippen LogP contribution in [0.15, 0.2) is 6.33 Å². The maximum Gasteiger partial charge on any atom is 0.281 e. The summed E-state index contributed by atoms with van der Waals surface area (Å²) in [4.78, 5) is 4.40. The van der Waals surface area contributed by atoms with Gasteiger partial charge in [0.05, 0.1) is 25.2 Å². The van der Waals surface area contributed by atoms with Crippen molar-refractivity contribution in [1.82, 2.24) is 18.2 Å². The average Bonchev–Trinajstić information content (AvgIpc) is 3.17. The van der Waals surface area contributed by atoms with E-state index in [1.54, 1.807) is 20.4 Å². The fourth-order valence-electron chi connectivity index (χ4n) is 3.79. The maximum absolute atomic E-state index is 12.5. The number of aromatic nitrogens is 2. The molecule has 1 aromatic heterocycles. The number of fused-ring (bicyclic) bond motifs is 1. The van der Waals surface area contributed by atoms with E-state index in [1.165, 1.54) is 34.3 Å². The molecule has 0 N–H and O–H groups in total. The minimum Gasteiger partial charge on any atom is -0.380 e. The highest BCUT2D eigenvalue weighted by molar-refractivity contribution is 7.86. The molecule has 0 radical (unpaired) electrons. The molecular weight excluding hydrogens is 328 g/mol. The Kier molecular flexibility index (Phi) is 5.29. The van der Waals surface area contributed by atoms with E-state index in [0.29, 0.717) is 25.6 Å². The Morgan fingerprint density at radius 1 is 1.29 bits per heavy atom. The highest BCUT2D eigenvalue weighted by Crippen LogP contribution is 2.30. The molecule has 1 saturated carbocycles. The summed E-state index contributed by atoms with van der Waals surface area (Å²) in [6, 6.07) is 0. The van der Waals surface area contributed by atoms with Crippen molar-refractivity contribution in [3.05, 3.63) is 17.7 Å². The second kappa shape index (κ2) is 7.11. The predicted molar refractivity (Wildman–Crippen MR) is 91.7 cm³/mol. The second-order valence-corrected chi connectivity index (χ2v) is 9.30. The lowest BCUT2D eigenvalue weighted by molar-refractivity contribution is 0.0805. The largest absolute Gasteiger partial charge is 0.380 e. The highest BCUT2D eigenvalue weighted by atomic mass is 32.2. The van der Waals surface area contributed by atoms with Gasteiger partial charge in [0, 0.05) is 45.9 Å². The lowest BCUT2D eigenvalue weighted by Crippen LogP contribution is -2.45. The molecule has 8 heteroatoms. The average molecular weight is 356 g/mol. The second-order valence-electron chi connectivity index (χ2n) is 7.15. The third-order valence-electron chi connectivity index (χ3n) is 5.13. The fraction of sp³-hybridized carbons (Fsp3) is 0.812. The molecule has 1 fully saturated rings. The Hall–Kier alpha value is -0.960. The highest BCUT2D eigenvalue weighted by Gasteiger charge is 2.36. The molecule has 0 amide bonds. The van der Waals surface area contributed by atoms with E-state index < -0.39 is 10.2 Å². The summed E-state index contributed by atoms with van der Waals surface area (Å²) in [5.41, 5.74) is 1.94. The van der Waals surface area contributed by atoms with Crippen molar-refractivity contribution in [2.45, 2.75) is 38.1 Å².